The van der Waals surface area contributed by atoms with E-state index >= 15 is 0 Å². The average Bonchev–Trinajstić information content (AvgIpc) is 2.05. The summed E-state index contributed by atoms with van der Waals surface area (Å²) >= 11 is 0. The molecule has 0 atom stereocenters. The van der Waals surface area contributed by atoms with Crippen molar-refractivity contribution >= 4 is 11.9 Å². The summed E-state index contributed by atoms with van der Waals surface area (Å²) in [6.07, 6.45) is 6.70. The van der Waals surface area contributed by atoms with Gasteiger partial charge in [-0.25, -0.2) is 0 Å². The highest BCUT2D eigenvalue weighted by Gasteiger charge is 2.08. The molecular weight excluding hydrogens is 128 g/mol. The van der Waals surface area contributed by atoms with E-state index in [1.54, 1.807) is 24.8 Å². The van der Waals surface area contributed by atoms with Gasteiger partial charge in [0.1, 0.15) is 5.71 Å². The largest absolute Gasteiger partial charge is 0.357 e. The molecule has 0 aromatic rings. The van der Waals surface area contributed by atoms with Crippen LogP contribution in [0.2, 0.25) is 0 Å². The zero-order valence-corrected chi connectivity index (χ0v) is 5.15. The molecule has 10 heavy (non-hydrogen) atoms. The Kier molecular flexibility index (Phi) is 1.04. The molecule has 0 unspecified atom stereocenters. The van der Waals surface area contributed by atoms with Gasteiger partial charge in [0.2, 0.25) is 0 Å². The molecule has 2 aliphatic heterocycles. The standard InChI is InChI=1S/C6H5N4/c1-2-8-6-4-10-9-3-5(6)7-1/h1-4,7H. The topological polar surface area (TPSA) is 50.9 Å². The van der Waals surface area contributed by atoms with Crippen LogP contribution in [-0.4, -0.2) is 11.9 Å². The monoisotopic (exact) mass is 133 g/mol. The highest BCUT2D eigenvalue weighted by atomic mass is 15.3. The van der Waals surface area contributed by atoms with E-state index in [0.717, 1.165) is 11.4 Å². The first-order valence-electron chi connectivity index (χ1n) is 2.90. The fourth-order valence-corrected chi connectivity index (χ4v) is 0.773. The molecule has 49 valence electrons. The van der Waals surface area contributed by atoms with E-state index in [0.29, 0.717) is 0 Å². The summed E-state index contributed by atoms with van der Waals surface area (Å²) < 4.78 is 0. The number of rotatable bonds is 0. The lowest BCUT2D eigenvalue weighted by Crippen LogP contribution is -2.23. The minimum atomic E-state index is 0.831. The Hall–Kier alpha value is -1.58. The van der Waals surface area contributed by atoms with Gasteiger partial charge in [0, 0.05) is 12.4 Å². The first-order valence-corrected chi connectivity index (χ1v) is 2.90. The molecule has 4 nitrogen and oxygen atoms in total. The maximum absolute atomic E-state index is 4.05. The third kappa shape index (κ3) is 0.699. The number of allylic oxidation sites excluding steroid dienone is 1. The lowest BCUT2D eigenvalue weighted by atomic mass is 10.3. The second kappa shape index (κ2) is 1.98. The number of hydrogen-bond donors (Lipinski definition) is 1. The number of aliphatic imine (C=N–C) groups is 1. The lowest BCUT2D eigenvalue weighted by molar-refractivity contribution is 0.914. The summed E-state index contributed by atoms with van der Waals surface area (Å²) in [6, 6.07) is 0. The molecule has 0 bridgehead atoms. The number of nitrogens with zero attached hydrogens (tertiary/aromatic N) is 3. The minimum absolute atomic E-state index is 0.831. The highest BCUT2D eigenvalue weighted by Crippen LogP contribution is 2.01. The van der Waals surface area contributed by atoms with Crippen LogP contribution >= 0.6 is 0 Å². The molecule has 0 amide bonds. The molecule has 0 aliphatic carbocycles. The Balaban J connectivity index is 2.39. The highest BCUT2D eigenvalue weighted by molar-refractivity contribution is 6.38. The van der Waals surface area contributed by atoms with E-state index in [4.69, 9.17) is 0 Å². The van der Waals surface area contributed by atoms with Gasteiger partial charge in [0.25, 0.3) is 0 Å². The van der Waals surface area contributed by atoms with Crippen LogP contribution < -0.4 is 10.7 Å². The van der Waals surface area contributed by atoms with Crippen molar-refractivity contribution < 1.29 is 0 Å². The van der Waals surface area contributed by atoms with Crippen molar-refractivity contribution in [3.05, 3.63) is 24.3 Å². The van der Waals surface area contributed by atoms with E-state index in [9.17, 15) is 0 Å². The summed E-state index contributed by atoms with van der Waals surface area (Å²) in [5.74, 6) is 0. The quantitative estimate of drug-likeness (QED) is 0.494. The van der Waals surface area contributed by atoms with Gasteiger partial charge in [-0.2, -0.15) is 10.5 Å². The zero-order valence-electron chi connectivity index (χ0n) is 5.15. The van der Waals surface area contributed by atoms with Crippen molar-refractivity contribution in [3.63, 3.8) is 0 Å². The van der Waals surface area contributed by atoms with E-state index in [2.05, 4.69) is 20.8 Å². The van der Waals surface area contributed by atoms with Crippen LogP contribution in [0.5, 0.6) is 0 Å². The Labute approximate surface area is 58.0 Å². The van der Waals surface area contributed by atoms with Gasteiger partial charge >= 0.3 is 0 Å². The van der Waals surface area contributed by atoms with Gasteiger partial charge in [0.15, 0.2) is 0 Å². The molecule has 0 fully saturated rings. The average molecular weight is 133 g/mol. The smallest absolute Gasteiger partial charge is 0.108 e. The van der Waals surface area contributed by atoms with Crippen LogP contribution in [0.4, 0.5) is 0 Å². The first-order chi connectivity index (χ1) is 4.97. The molecule has 1 N–H and O–H groups in total. The second-order valence-corrected chi connectivity index (χ2v) is 1.88. The number of hydrogen-bond acceptors (Lipinski definition) is 3. The number of fused-ring (bicyclic) bond motifs is 1. The summed E-state index contributed by atoms with van der Waals surface area (Å²) in [7, 11) is 0. The zero-order chi connectivity index (χ0) is 6.81. The first kappa shape index (κ1) is 5.22. The molecule has 2 aliphatic rings. The van der Waals surface area contributed by atoms with E-state index in [1.807, 2.05) is 0 Å². The Morgan fingerprint density at radius 3 is 3.30 bits per heavy atom. The molecule has 0 aromatic heterocycles. The van der Waals surface area contributed by atoms with E-state index < -0.39 is 0 Å². The van der Waals surface area contributed by atoms with Gasteiger partial charge in [-0.15, -0.1) is 0 Å². The maximum Gasteiger partial charge on any atom is 0.108 e. The van der Waals surface area contributed by atoms with Gasteiger partial charge < -0.3 is 5.32 Å². The van der Waals surface area contributed by atoms with Crippen molar-refractivity contribution in [2.75, 3.05) is 0 Å². The van der Waals surface area contributed by atoms with Crippen LogP contribution in [0, 0.1) is 0 Å². The van der Waals surface area contributed by atoms with Crippen LogP contribution in [-0.2, 0) is 0 Å². The lowest BCUT2D eigenvalue weighted by Gasteiger charge is -2.11. The van der Waals surface area contributed by atoms with Gasteiger partial charge in [-0.3, -0.25) is 4.99 Å². The Bertz CT molecular complexity index is 259. The Morgan fingerprint density at radius 1 is 1.40 bits per heavy atom. The molecule has 1 radical (unpaired) electrons. The maximum atomic E-state index is 4.05. The van der Waals surface area contributed by atoms with Crippen molar-refractivity contribution in [2.24, 2.45) is 10.1 Å². The van der Waals surface area contributed by atoms with Gasteiger partial charge in [-0.1, -0.05) is 0 Å². The molecule has 0 saturated heterocycles. The van der Waals surface area contributed by atoms with Crippen LogP contribution in [0.1, 0.15) is 0 Å². The number of nitrogens with one attached hydrogen (secondary N) is 1. The minimum Gasteiger partial charge on any atom is -0.357 e. The molecule has 0 spiro atoms. The van der Waals surface area contributed by atoms with Crippen molar-refractivity contribution in [2.45, 2.75) is 0 Å². The summed E-state index contributed by atoms with van der Waals surface area (Å²) in [6.45, 7) is 0. The molecule has 2 rings (SSSR count). The SMILES string of the molecule is C1=CNC2=C[N]N=CC2=N1. The molecule has 4 heteroatoms. The molecular formula is C6H5N4. The van der Waals surface area contributed by atoms with Crippen molar-refractivity contribution in [1.82, 2.24) is 10.7 Å². The van der Waals surface area contributed by atoms with Crippen LogP contribution in [0.15, 0.2) is 34.4 Å². The summed E-state index contributed by atoms with van der Waals surface area (Å²) in [4.78, 5) is 4.05. The summed E-state index contributed by atoms with van der Waals surface area (Å²) in [5, 5.41) is 6.67. The van der Waals surface area contributed by atoms with Crippen molar-refractivity contribution in [1.29, 1.82) is 0 Å². The van der Waals surface area contributed by atoms with Crippen LogP contribution in [0.25, 0.3) is 0 Å². The van der Waals surface area contributed by atoms with Crippen molar-refractivity contribution in [3.8, 4) is 0 Å². The second-order valence-electron chi connectivity index (χ2n) is 1.88. The molecule has 0 saturated carbocycles. The normalized spacial score (nSPS) is 20.0. The fourth-order valence-electron chi connectivity index (χ4n) is 0.773. The third-order valence-electron chi connectivity index (χ3n) is 1.24. The van der Waals surface area contributed by atoms with Gasteiger partial charge in [-0.05, 0) is 0 Å². The Morgan fingerprint density at radius 2 is 2.40 bits per heavy atom. The third-order valence-corrected chi connectivity index (χ3v) is 1.24. The van der Waals surface area contributed by atoms with E-state index in [-0.39, 0.29) is 0 Å². The van der Waals surface area contributed by atoms with E-state index in [1.165, 1.54) is 0 Å². The van der Waals surface area contributed by atoms with Crippen LogP contribution in [0.3, 0.4) is 0 Å². The van der Waals surface area contributed by atoms with Gasteiger partial charge in [0.05, 0.1) is 18.1 Å². The predicted octanol–water partition coefficient (Wildman–Crippen LogP) is -0.0530. The summed E-state index contributed by atoms with van der Waals surface area (Å²) in [5.41, 5.74) is 5.42. The predicted molar refractivity (Wildman–Crippen MR) is 38.4 cm³/mol. The molecule has 0 aromatic carbocycles. The molecule has 2 heterocycles. The fraction of sp³-hybridized carbons (Fsp3) is 0.